The summed E-state index contributed by atoms with van der Waals surface area (Å²) in [6, 6.07) is 4.53. The van der Waals surface area contributed by atoms with E-state index in [-0.39, 0.29) is 5.56 Å². The third-order valence-corrected chi connectivity index (χ3v) is 6.66. The van der Waals surface area contributed by atoms with Crippen LogP contribution in [0.15, 0.2) is 33.9 Å². The minimum absolute atomic E-state index is 0.0300. The molecule has 3 aromatic heterocycles. The highest BCUT2D eigenvalue weighted by Crippen LogP contribution is 2.48. The van der Waals surface area contributed by atoms with E-state index in [9.17, 15) is 4.79 Å². The Morgan fingerprint density at radius 1 is 1.26 bits per heavy atom. The van der Waals surface area contributed by atoms with Crippen LogP contribution in [0.4, 0.5) is 0 Å². The second-order valence-electron chi connectivity index (χ2n) is 6.44. The van der Waals surface area contributed by atoms with Gasteiger partial charge in [0.15, 0.2) is 4.96 Å². The van der Waals surface area contributed by atoms with Crippen LogP contribution in [0.25, 0.3) is 4.96 Å². The van der Waals surface area contributed by atoms with Crippen LogP contribution < -0.4 is 5.56 Å². The fraction of sp³-hybridized carbons (Fsp3) is 0.412. The van der Waals surface area contributed by atoms with Gasteiger partial charge in [-0.05, 0) is 42.2 Å². The van der Waals surface area contributed by atoms with E-state index in [0.29, 0.717) is 6.04 Å². The summed E-state index contributed by atoms with van der Waals surface area (Å²) < 4.78 is 1.62. The van der Waals surface area contributed by atoms with Crippen LogP contribution in [0.2, 0.25) is 0 Å². The third-order valence-electron chi connectivity index (χ3n) is 4.91. The van der Waals surface area contributed by atoms with E-state index in [1.54, 1.807) is 21.5 Å². The lowest BCUT2D eigenvalue weighted by Gasteiger charge is -2.36. The average Bonchev–Trinajstić information content (AvgIpc) is 3.07. The smallest absolute Gasteiger partial charge is 0.258 e. The van der Waals surface area contributed by atoms with Crippen molar-refractivity contribution in [2.45, 2.75) is 31.8 Å². The minimum atomic E-state index is 0.0300. The summed E-state index contributed by atoms with van der Waals surface area (Å²) in [4.78, 5) is 21.8. The summed E-state index contributed by atoms with van der Waals surface area (Å²) in [5, 5.41) is 4.14. The van der Waals surface area contributed by atoms with Crippen LogP contribution in [0.3, 0.4) is 0 Å². The van der Waals surface area contributed by atoms with Gasteiger partial charge in [0.05, 0.1) is 5.69 Å². The molecule has 0 radical (unpaired) electrons. The van der Waals surface area contributed by atoms with Gasteiger partial charge in [-0.25, -0.2) is 4.98 Å². The number of nitrogens with zero attached hydrogens (tertiary/aromatic N) is 3. The Morgan fingerprint density at radius 3 is 3.04 bits per heavy atom. The molecule has 1 atom stereocenters. The average molecular weight is 343 g/mol. The van der Waals surface area contributed by atoms with E-state index in [1.165, 1.54) is 29.7 Å². The molecule has 6 heteroatoms. The Hall–Kier alpha value is -1.50. The highest BCUT2D eigenvalue weighted by atomic mass is 32.1. The molecule has 1 saturated carbocycles. The molecule has 1 fully saturated rings. The number of thiazole rings is 1. The molecule has 2 aliphatic rings. The summed E-state index contributed by atoms with van der Waals surface area (Å²) in [5.74, 6) is 0.787. The van der Waals surface area contributed by atoms with Crippen molar-refractivity contribution in [3.8, 4) is 0 Å². The molecule has 5 rings (SSSR count). The van der Waals surface area contributed by atoms with Crippen LogP contribution in [0.5, 0.6) is 0 Å². The van der Waals surface area contributed by atoms with Crippen LogP contribution in [0.1, 0.15) is 35.0 Å². The molecule has 23 heavy (non-hydrogen) atoms. The van der Waals surface area contributed by atoms with Gasteiger partial charge in [-0.1, -0.05) is 0 Å². The molecule has 0 bridgehead atoms. The van der Waals surface area contributed by atoms with Crippen molar-refractivity contribution >= 4 is 27.6 Å². The Bertz CT molecular complexity index is 921. The van der Waals surface area contributed by atoms with Gasteiger partial charge in [-0.2, -0.15) is 0 Å². The number of aromatic nitrogens is 2. The molecule has 3 aromatic rings. The van der Waals surface area contributed by atoms with Gasteiger partial charge in [-0.15, -0.1) is 22.7 Å². The minimum Gasteiger partial charge on any atom is -0.290 e. The standard InChI is InChI=1S/C17H17N3OS2/c21-15-9-12(18-17-20(15)6-8-23-17)10-19-5-3-14-13(4-7-22-14)16(19)11-1-2-11/h4,6-9,11,16H,1-3,5,10H2/t16-/m0/s1. The zero-order valence-electron chi connectivity index (χ0n) is 12.6. The first-order chi connectivity index (χ1) is 11.3. The van der Waals surface area contributed by atoms with Crippen LogP contribution in [0, 0.1) is 5.92 Å². The first-order valence-corrected chi connectivity index (χ1v) is 9.81. The van der Waals surface area contributed by atoms with E-state index >= 15 is 0 Å². The molecule has 0 aromatic carbocycles. The van der Waals surface area contributed by atoms with E-state index in [4.69, 9.17) is 4.98 Å². The Labute approximate surface area is 142 Å². The van der Waals surface area contributed by atoms with Crippen molar-refractivity contribution in [2.24, 2.45) is 5.92 Å². The predicted molar refractivity (Wildman–Crippen MR) is 93.2 cm³/mol. The number of hydrogen-bond donors (Lipinski definition) is 0. The van der Waals surface area contributed by atoms with E-state index in [0.717, 1.165) is 36.1 Å². The fourth-order valence-corrected chi connectivity index (χ4v) is 5.37. The largest absolute Gasteiger partial charge is 0.290 e. The molecule has 4 nitrogen and oxygen atoms in total. The quantitative estimate of drug-likeness (QED) is 0.732. The number of rotatable bonds is 3. The summed E-state index contributed by atoms with van der Waals surface area (Å²) in [6.07, 6.45) is 5.58. The molecule has 0 unspecified atom stereocenters. The second-order valence-corrected chi connectivity index (χ2v) is 8.32. The van der Waals surface area contributed by atoms with E-state index < -0.39 is 0 Å². The van der Waals surface area contributed by atoms with Crippen LogP contribution >= 0.6 is 22.7 Å². The Kier molecular flexibility index (Phi) is 3.18. The number of thiophene rings is 1. The molecule has 118 valence electrons. The molecule has 1 aliphatic carbocycles. The van der Waals surface area contributed by atoms with Crippen molar-refractivity contribution in [3.05, 3.63) is 55.6 Å². The molecular formula is C17H17N3OS2. The SMILES string of the molecule is O=c1cc(CN2CCc3sccc3[C@@H]2C2CC2)nc2sccn12. The van der Waals surface area contributed by atoms with Crippen molar-refractivity contribution in [3.63, 3.8) is 0 Å². The molecule has 1 aliphatic heterocycles. The maximum absolute atomic E-state index is 12.2. The highest BCUT2D eigenvalue weighted by molar-refractivity contribution is 7.15. The summed E-state index contributed by atoms with van der Waals surface area (Å²) >= 11 is 3.42. The topological polar surface area (TPSA) is 37.6 Å². The van der Waals surface area contributed by atoms with Gasteiger partial charge >= 0.3 is 0 Å². The Balaban J connectivity index is 1.50. The van der Waals surface area contributed by atoms with Crippen molar-refractivity contribution in [1.29, 1.82) is 0 Å². The van der Waals surface area contributed by atoms with Gasteiger partial charge in [0.25, 0.3) is 5.56 Å². The van der Waals surface area contributed by atoms with Crippen molar-refractivity contribution in [1.82, 2.24) is 14.3 Å². The van der Waals surface area contributed by atoms with Gasteiger partial charge in [0, 0.05) is 41.7 Å². The van der Waals surface area contributed by atoms with Crippen molar-refractivity contribution < 1.29 is 0 Å². The molecule has 0 N–H and O–H groups in total. The summed E-state index contributed by atoms with van der Waals surface area (Å²) in [5.41, 5.74) is 2.46. The molecule has 4 heterocycles. The maximum Gasteiger partial charge on any atom is 0.258 e. The summed E-state index contributed by atoms with van der Waals surface area (Å²) in [6.45, 7) is 1.85. The van der Waals surface area contributed by atoms with Crippen molar-refractivity contribution in [2.75, 3.05) is 6.54 Å². The van der Waals surface area contributed by atoms with Gasteiger partial charge in [0.1, 0.15) is 0 Å². The monoisotopic (exact) mass is 343 g/mol. The lowest BCUT2D eigenvalue weighted by molar-refractivity contribution is 0.156. The fourth-order valence-electron chi connectivity index (χ4n) is 3.72. The zero-order chi connectivity index (χ0) is 15.4. The van der Waals surface area contributed by atoms with E-state index in [2.05, 4.69) is 16.3 Å². The second kappa shape index (κ2) is 5.26. The molecule has 0 spiro atoms. The molecular weight excluding hydrogens is 326 g/mol. The zero-order valence-corrected chi connectivity index (χ0v) is 14.3. The third kappa shape index (κ3) is 2.36. The normalized spacial score (nSPS) is 21.7. The number of hydrogen-bond acceptors (Lipinski definition) is 5. The number of fused-ring (bicyclic) bond motifs is 2. The van der Waals surface area contributed by atoms with Gasteiger partial charge < -0.3 is 0 Å². The maximum atomic E-state index is 12.2. The van der Waals surface area contributed by atoms with E-state index in [1.807, 2.05) is 16.7 Å². The predicted octanol–water partition coefficient (Wildman–Crippen LogP) is 3.33. The Morgan fingerprint density at radius 2 is 2.17 bits per heavy atom. The van der Waals surface area contributed by atoms with Gasteiger partial charge in [-0.3, -0.25) is 14.1 Å². The first-order valence-electron chi connectivity index (χ1n) is 8.06. The first kappa shape index (κ1) is 13.9. The molecule has 0 amide bonds. The van der Waals surface area contributed by atoms with Gasteiger partial charge in [0.2, 0.25) is 0 Å². The molecule has 0 saturated heterocycles. The summed E-state index contributed by atoms with van der Waals surface area (Å²) in [7, 11) is 0. The lowest BCUT2D eigenvalue weighted by Crippen LogP contribution is -2.36. The van der Waals surface area contributed by atoms with Crippen LogP contribution in [-0.2, 0) is 13.0 Å². The highest BCUT2D eigenvalue weighted by Gasteiger charge is 2.39. The lowest BCUT2D eigenvalue weighted by atomic mass is 9.96. The van der Waals surface area contributed by atoms with Crippen LogP contribution in [-0.4, -0.2) is 20.8 Å².